The predicted octanol–water partition coefficient (Wildman–Crippen LogP) is 4.17. The molecule has 0 spiro atoms. The number of hydrogen-bond donors (Lipinski definition) is 1. The Kier molecular flexibility index (Phi) is 5.12. The molecule has 2 aromatic rings. The molecule has 1 atom stereocenters. The van der Waals surface area contributed by atoms with Crippen molar-refractivity contribution >= 4 is 23.4 Å². The summed E-state index contributed by atoms with van der Waals surface area (Å²) in [5.74, 6) is 1.36. The van der Waals surface area contributed by atoms with E-state index < -0.39 is 0 Å². The molecule has 3 heteroatoms. The van der Waals surface area contributed by atoms with E-state index in [4.69, 9.17) is 17.3 Å². The Morgan fingerprint density at radius 3 is 2.50 bits per heavy atom. The van der Waals surface area contributed by atoms with E-state index in [0.717, 1.165) is 10.8 Å². The number of rotatable bonds is 5. The van der Waals surface area contributed by atoms with Gasteiger partial charge in [-0.3, -0.25) is 0 Å². The number of nitrogens with two attached hydrogens (primary N) is 1. The van der Waals surface area contributed by atoms with Gasteiger partial charge >= 0.3 is 0 Å². The van der Waals surface area contributed by atoms with Crippen molar-refractivity contribution in [2.24, 2.45) is 5.73 Å². The monoisotopic (exact) mass is 277 g/mol. The SMILES string of the molecule is NCC(CSc1cccc(Cl)c1)c1ccccc1. The molecular formula is C15H16ClNS. The maximum Gasteiger partial charge on any atom is 0.0417 e. The highest BCUT2D eigenvalue weighted by molar-refractivity contribution is 7.99. The van der Waals surface area contributed by atoms with Crippen molar-refractivity contribution in [3.05, 3.63) is 65.2 Å². The van der Waals surface area contributed by atoms with Crippen LogP contribution in [0.3, 0.4) is 0 Å². The Morgan fingerprint density at radius 2 is 1.83 bits per heavy atom. The molecule has 2 aromatic carbocycles. The highest BCUT2D eigenvalue weighted by atomic mass is 35.5. The fourth-order valence-electron chi connectivity index (χ4n) is 1.78. The summed E-state index contributed by atoms with van der Waals surface area (Å²) >= 11 is 7.77. The fraction of sp³-hybridized carbons (Fsp3) is 0.200. The minimum atomic E-state index is 0.384. The summed E-state index contributed by atoms with van der Waals surface area (Å²) in [5, 5.41) is 0.781. The van der Waals surface area contributed by atoms with Crippen molar-refractivity contribution in [2.75, 3.05) is 12.3 Å². The van der Waals surface area contributed by atoms with Crippen LogP contribution >= 0.6 is 23.4 Å². The van der Waals surface area contributed by atoms with Crippen molar-refractivity contribution in [1.82, 2.24) is 0 Å². The van der Waals surface area contributed by atoms with Crippen LogP contribution in [-0.2, 0) is 0 Å². The number of benzene rings is 2. The molecule has 0 saturated carbocycles. The lowest BCUT2D eigenvalue weighted by atomic mass is 10.0. The van der Waals surface area contributed by atoms with Gasteiger partial charge in [-0.15, -0.1) is 11.8 Å². The molecule has 2 N–H and O–H groups in total. The fourth-order valence-corrected chi connectivity index (χ4v) is 3.14. The van der Waals surface area contributed by atoms with Crippen LogP contribution in [-0.4, -0.2) is 12.3 Å². The van der Waals surface area contributed by atoms with Crippen LogP contribution in [0, 0.1) is 0 Å². The van der Waals surface area contributed by atoms with E-state index in [1.54, 1.807) is 11.8 Å². The van der Waals surface area contributed by atoms with Crippen molar-refractivity contribution in [3.63, 3.8) is 0 Å². The molecule has 0 heterocycles. The molecule has 0 radical (unpaired) electrons. The minimum absolute atomic E-state index is 0.384. The Bertz CT molecular complexity index is 487. The third-order valence-electron chi connectivity index (χ3n) is 2.80. The second-order valence-electron chi connectivity index (χ2n) is 4.11. The molecule has 0 bridgehead atoms. The summed E-state index contributed by atoms with van der Waals surface area (Å²) in [6.07, 6.45) is 0. The average molecular weight is 278 g/mol. The lowest BCUT2D eigenvalue weighted by Gasteiger charge is -2.14. The van der Waals surface area contributed by atoms with E-state index in [0.29, 0.717) is 12.5 Å². The highest BCUT2D eigenvalue weighted by Crippen LogP contribution is 2.27. The van der Waals surface area contributed by atoms with E-state index in [-0.39, 0.29) is 0 Å². The zero-order valence-electron chi connectivity index (χ0n) is 10.1. The molecule has 0 fully saturated rings. The maximum atomic E-state index is 5.97. The van der Waals surface area contributed by atoms with Gasteiger partial charge in [-0.1, -0.05) is 48.0 Å². The van der Waals surface area contributed by atoms with Crippen LogP contribution in [0.25, 0.3) is 0 Å². The summed E-state index contributed by atoms with van der Waals surface area (Å²) < 4.78 is 0. The lowest BCUT2D eigenvalue weighted by molar-refractivity contribution is 0.785. The molecule has 0 aliphatic carbocycles. The molecule has 0 amide bonds. The molecule has 0 aliphatic heterocycles. The topological polar surface area (TPSA) is 26.0 Å². The zero-order valence-corrected chi connectivity index (χ0v) is 11.6. The normalized spacial score (nSPS) is 12.3. The van der Waals surface area contributed by atoms with Gasteiger partial charge in [-0.2, -0.15) is 0 Å². The number of hydrogen-bond acceptors (Lipinski definition) is 2. The van der Waals surface area contributed by atoms with Crippen LogP contribution in [0.15, 0.2) is 59.5 Å². The Morgan fingerprint density at radius 1 is 1.06 bits per heavy atom. The molecule has 0 aromatic heterocycles. The lowest BCUT2D eigenvalue weighted by Crippen LogP contribution is -2.14. The summed E-state index contributed by atoms with van der Waals surface area (Å²) in [4.78, 5) is 1.19. The van der Waals surface area contributed by atoms with Crippen molar-refractivity contribution in [3.8, 4) is 0 Å². The highest BCUT2D eigenvalue weighted by Gasteiger charge is 2.09. The van der Waals surface area contributed by atoms with E-state index in [1.807, 2.05) is 24.3 Å². The van der Waals surface area contributed by atoms with Crippen LogP contribution in [0.2, 0.25) is 5.02 Å². The molecule has 1 nitrogen and oxygen atoms in total. The Balaban J connectivity index is 2.00. The van der Waals surface area contributed by atoms with Crippen LogP contribution < -0.4 is 5.73 Å². The number of thioether (sulfide) groups is 1. The minimum Gasteiger partial charge on any atom is -0.330 e. The standard InChI is InChI=1S/C15H16ClNS/c16-14-7-4-8-15(9-14)18-11-13(10-17)12-5-2-1-3-6-12/h1-9,13H,10-11,17H2. The Labute approximate surface area is 117 Å². The predicted molar refractivity (Wildman–Crippen MR) is 80.4 cm³/mol. The molecule has 1 unspecified atom stereocenters. The summed E-state index contributed by atoms with van der Waals surface area (Å²) in [6.45, 7) is 0.664. The molecule has 2 rings (SSSR count). The smallest absolute Gasteiger partial charge is 0.0417 e. The van der Waals surface area contributed by atoms with Crippen molar-refractivity contribution < 1.29 is 0 Å². The first-order valence-corrected chi connectivity index (χ1v) is 7.29. The molecule has 0 saturated heterocycles. The molecule has 18 heavy (non-hydrogen) atoms. The van der Waals surface area contributed by atoms with E-state index in [2.05, 4.69) is 30.3 Å². The average Bonchev–Trinajstić information content (AvgIpc) is 2.41. The van der Waals surface area contributed by atoms with Crippen LogP contribution in [0.1, 0.15) is 11.5 Å². The molecular weight excluding hydrogens is 262 g/mol. The van der Waals surface area contributed by atoms with Crippen molar-refractivity contribution in [1.29, 1.82) is 0 Å². The van der Waals surface area contributed by atoms with Crippen molar-refractivity contribution in [2.45, 2.75) is 10.8 Å². The largest absolute Gasteiger partial charge is 0.330 e. The molecule has 0 aliphatic rings. The molecule has 94 valence electrons. The quantitative estimate of drug-likeness (QED) is 0.830. The van der Waals surface area contributed by atoms with Gasteiger partial charge in [0.1, 0.15) is 0 Å². The van der Waals surface area contributed by atoms with Gasteiger partial charge < -0.3 is 5.73 Å². The summed E-state index contributed by atoms with van der Waals surface area (Å²) in [6, 6.07) is 18.4. The second kappa shape index (κ2) is 6.83. The van der Waals surface area contributed by atoms with Gasteiger partial charge in [-0.25, -0.2) is 0 Å². The first-order chi connectivity index (χ1) is 8.79. The third kappa shape index (κ3) is 3.77. The summed E-state index contributed by atoms with van der Waals surface area (Å²) in [5.41, 5.74) is 7.16. The van der Waals surface area contributed by atoms with Gasteiger partial charge in [0, 0.05) is 21.6 Å². The first-order valence-electron chi connectivity index (χ1n) is 5.93. The van der Waals surface area contributed by atoms with E-state index in [1.165, 1.54) is 10.5 Å². The second-order valence-corrected chi connectivity index (χ2v) is 5.64. The zero-order chi connectivity index (χ0) is 12.8. The first kappa shape index (κ1) is 13.5. The van der Waals surface area contributed by atoms with Crippen LogP contribution in [0.4, 0.5) is 0 Å². The van der Waals surface area contributed by atoms with Gasteiger partial charge in [0.15, 0.2) is 0 Å². The van der Waals surface area contributed by atoms with Gasteiger partial charge in [0.2, 0.25) is 0 Å². The van der Waals surface area contributed by atoms with Crippen LogP contribution in [0.5, 0.6) is 0 Å². The Hall–Kier alpha value is -0.960. The van der Waals surface area contributed by atoms with Gasteiger partial charge in [-0.05, 0) is 30.3 Å². The maximum absolute atomic E-state index is 5.97. The third-order valence-corrected chi connectivity index (χ3v) is 4.19. The summed E-state index contributed by atoms with van der Waals surface area (Å²) in [7, 11) is 0. The number of halogens is 1. The van der Waals surface area contributed by atoms with E-state index >= 15 is 0 Å². The van der Waals surface area contributed by atoms with Gasteiger partial charge in [0.25, 0.3) is 0 Å². The van der Waals surface area contributed by atoms with E-state index in [9.17, 15) is 0 Å². The van der Waals surface area contributed by atoms with Gasteiger partial charge in [0.05, 0.1) is 0 Å².